The molecule has 2 aliphatic rings. The number of ketones is 1. The third-order valence-electron chi connectivity index (χ3n) is 5.79. The summed E-state index contributed by atoms with van der Waals surface area (Å²) in [6, 6.07) is 3.28. The summed E-state index contributed by atoms with van der Waals surface area (Å²) in [6.07, 6.45) is 1.58. The molecule has 1 aromatic carbocycles. The van der Waals surface area contributed by atoms with Crippen LogP contribution in [0.2, 0.25) is 0 Å². The number of Topliss-reactive ketones (excluding diaryl/α,β-unsaturated/α-hetero) is 1. The van der Waals surface area contributed by atoms with Gasteiger partial charge in [0.1, 0.15) is 23.5 Å². The van der Waals surface area contributed by atoms with E-state index < -0.39 is 41.8 Å². The summed E-state index contributed by atoms with van der Waals surface area (Å²) in [5.74, 6) is -4.13. The highest BCUT2D eigenvalue weighted by Gasteiger charge is 2.29. The van der Waals surface area contributed by atoms with Crippen LogP contribution in [0.4, 0.5) is 10.1 Å². The SMILES string of the molecule is C[C@@H]1OC(=O)c2c(O)cc(N3CCCC3)cc2/C=C/C[C@H](O)[C@H](O)C(=O)/C(F)=C\[C@@H]1C. The lowest BCUT2D eigenvalue weighted by molar-refractivity contribution is -0.130. The standard InChI is InChI=1S/C23H28FNO6/c1-13-10-17(24)21(28)22(29)18(26)7-5-6-15-11-16(25-8-3-4-9-25)12-19(27)20(15)23(30)31-14(13)2/h5-6,10-14,18,22,26-27,29H,3-4,7-9H2,1-2H3/b6-5+,17-10+/t13-,14-,18-,22-/m0/s1. The summed E-state index contributed by atoms with van der Waals surface area (Å²) in [6.45, 7) is 4.77. The third-order valence-corrected chi connectivity index (χ3v) is 5.79. The number of halogens is 1. The minimum absolute atomic E-state index is 0.0362. The average Bonchev–Trinajstić information content (AvgIpc) is 3.26. The molecule has 0 bridgehead atoms. The molecule has 1 fully saturated rings. The van der Waals surface area contributed by atoms with Crippen LogP contribution in [0.1, 0.15) is 49.0 Å². The van der Waals surface area contributed by atoms with E-state index >= 15 is 0 Å². The molecule has 1 saturated heterocycles. The molecule has 2 heterocycles. The third kappa shape index (κ3) is 5.14. The van der Waals surface area contributed by atoms with Crippen molar-refractivity contribution in [3.05, 3.63) is 41.2 Å². The van der Waals surface area contributed by atoms with Crippen molar-refractivity contribution < 1.29 is 34.0 Å². The van der Waals surface area contributed by atoms with Crippen LogP contribution >= 0.6 is 0 Å². The van der Waals surface area contributed by atoms with Gasteiger partial charge in [-0.05, 0) is 43.9 Å². The fraction of sp³-hybridized carbons (Fsp3) is 0.478. The summed E-state index contributed by atoms with van der Waals surface area (Å²) in [5, 5.41) is 30.7. The van der Waals surface area contributed by atoms with Gasteiger partial charge < -0.3 is 25.0 Å². The highest BCUT2D eigenvalue weighted by molar-refractivity contribution is 5.98. The highest BCUT2D eigenvalue weighted by Crippen LogP contribution is 2.33. The van der Waals surface area contributed by atoms with E-state index in [0.717, 1.165) is 37.7 Å². The summed E-state index contributed by atoms with van der Waals surface area (Å²) in [4.78, 5) is 27.0. The minimum Gasteiger partial charge on any atom is -0.507 e. The van der Waals surface area contributed by atoms with Crippen LogP contribution < -0.4 is 4.90 Å². The molecule has 168 valence electrons. The topological polar surface area (TPSA) is 107 Å². The lowest BCUT2D eigenvalue weighted by atomic mass is 9.98. The van der Waals surface area contributed by atoms with Crippen molar-refractivity contribution >= 4 is 23.5 Å². The van der Waals surface area contributed by atoms with Crippen molar-refractivity contribution in [1.29, 1.82) is 0 Å². The van der Waals surface area contributed by atoms with Crippen LogP contribution in [0, 0.1) is 5.92 Å². The molecule has 0 amide bonds. The molecular weight excluding hydrogens is 405 g/mol. The average molecular weight is 433 g/mol. The first kappa shape index (κ1) is 23.0. The number of nitrogens with zero attached hydrogens (tertiary/aromatic N) is 1. The van der Waals surface area contributed by atoms with E-state index in [1.54, 1.807) is 19.9 Å². The first-order chi connectivity index (χ1) is 14.7. The summed E-state index contributed by atoms with van der Waals surface area (Å²) in [5.41, 5.74) is 1.11. The Balaban J connectivity index is 2.04. The summed E-state index contributed by atoms with van der Waals surface area (Å²) >= 11 is 0. The van der Waals surface area contributed by atoms with Crippen molar-refractivity contribution in [2.45, 2.75) is 51.4 Å². The smallest absolute Gasteiger partial charge is 0.342 e. The molecule has 0 unspecified atom stereocenters. The van der Waals surface area contributed by atoms with Gasteiger partial charge in [0.25, 0.3) is 0 Å². The largest absolute Gasteiger partial charge is 0.507 e. The molecule has 0 aromatic heterocycles. The monoisotopic (exact) mass is 433 g/mol. The molecule has 0 spiro atoms. The maximum absolute atomic E-state index is 14.2. The van der Waals surface area contributed by atoms with Gasteiger partial charge in [-0.1, -0.05) is 19.1 Å². The number of rotatable bonds is 1. The zero-order valence-corrected chi connectivity index (χ0v) is 17.6. The summed E-state index contributed by atoms with van der Waals surface area (Å²) in [7, 11) is 0. The normalized spacial score (nSPS) is 30.7. The lowest BCUT2D eigenvalue weighted by Gasteiger charge is -2.22. The molecule has 4 atom stereocenters. The van der Waals surface area contributed by atoms with Crippen LogP contribution in [0.5, 0.6) is 5.75 Å². The second-order valence-corrected chi connectivity index (χ2v) is 8.12. The Kier molecular flexibility index (Phi) is 7.12. The van der Waals surface area contributed by atoms with E-state index in [9.17, 15) is 29.3 Å². The number of benzene rings is 1. The predicted molar refractivity (Wildman–Crippen MR) is 113 cm³/mol. The highest BCUT2D eigenvalue weighted by atomic mass is 19.1. The van der Waals surface area contributed by atoms with Crippen LogP contribution in [0.15, 0.2) is 30.1 Å². The van der Waals surface area contributed by atoms with E-state index in [0.29, 0.717) is 5.56 Å². The number of fused-ring (bicyclic) bond motifs is 1. The number of esters is 1. The fourth-order valence-electron chi connectivity index (χ4n) is 3.71. The van der Waals surface area contributed by atoms with Crippen LogP contribution in [-0.4, -0.2) is 58.5 Å². The number of aliphatic hydroxyl groups excluding tert-OH is 2. The lowest BCUT2D eigenvalue weighted by Crippen LogP contribution is -2.34. The van der Waals surface area contributed by atoms with Gasteiger partial charge in [-0.25, -0.2) is 9.18 Å². The van der Waals surface area contributed by atoms with Crippen LogP contribution in [0.3, 0.4) is 0 Å². The number of anilines is 1. The Morgan fingerprint density at radius 3 is 2.48 bits per heavy atom. The van der Waals surface area contributed by atoms with E-state index in [1.165, 1.54) is 18.2 Å². The molecule has 31 heavy (non-hydrogen) atoms. The predicted octanol–water partition coefficient (Wildman–Crippen LogP) is 2.74. The zero-order chi connectivity index (χ0) is 22.7. The van der Waals surface area contributed by atoms with Crippen molar-refractivity contribution in [3.63, 3.8) is 0 Å². The van der Waals surface area contributed by atoms with E-state index in [2.05, 4.69) is 4.90 Å². The second kappa shape index (κ2) is 9.62. The first-order valence-electron chi connectivity index (χ1n) is 10.5. The molecule has 3 N–H and O–H groups in total. The second-order valence-electron chi connectivity index (χ2n) is 8.12. The molecule has 1 aromatic rings. The van der Waals surface area contributed by atoms with Crippen LogP contribution in [-0.2, 0) is 9.53 Å². The first-order valence-corrected chi connectivity index (χ1v) is 10.5. The van der Waals surface area contributed by atoms with Gasteiger partial charge in [0.15, 0.2) is 5.83 Å². The van der Waals surface area contributed by atoms with Crippen molar-refractivity contribution in [2.75, 3.05) is 18.0 Å². The maximum Gasteiger partial charge on any atom is 0.342 e. The van der Waals surface area contributed by atoms with Gasteiger partial charge in [-0.2, -0.15) is 0 Å². The van der Waals surface area contributed by atoms with Gasteiger partial charge in [-0.3, -0.25) is 4.79 Å². The number of carbonyl (C=O) groups is 2. The zero-order valence-electron chi connectivity index (χ0n) is 17.6. The number of carbonyl (C=O) groups excluding carboxylic acids is 2. The minimum atomic E-state index is -1.92. The van der Waals surface area contributed by atoms with Gasteiger partial charge in [0.2, 0.25) is 5.78 Å². The van der Waals surface area contributed by atoms with Gasteiger partial charge >= 0.3 is 5.97 Å². The molecular formula is C23H28FNO6. The number of phenolic OH excluding ortho intramolecular Hbond substituents is 1. The molecule has 2 aliphatic heterocycles. The van der Waals surface area contributed by atoms with Crippen molar-refractivity contribution in [2.24, 2.45) is 5.92 Å². The molecule has 0 saturated carbocycles. The van der Waals surface area contributed by atoms with Gasteiger partial charge in [0.05, 0.1) is 6.10 Å². The maximum atomic E-state index is 14.2. The number of aromatic hydroxyl groups is 1. The van der Waals surface area contributed by atoms with Gasteiger partial charge in [0, 0.05) is 30.8 Å². The molecule has 3 rings (SSSR count). The van der Waals surface area contributed by atoms with Crippen molar-refractivity contribution in [3.8, 4) is 5.75 Å². The number of aliphatic hydroxyl groups is 2. The Morgan fingerprint density at radius 1 is 1.13 bits per heavy atom. The van der Waals surface area contributed by atoms with E-state index in [4.69, 9.17) is 4.74 Å². The molecule has 0 aliphatic carbocycles. The number of hydrogen-bond donors (Lipinski definition) is 3. The number of phenols is 1. The Hall–Kier alpha value is -2.71. The van der Waals surface area contributed by atoms with E-state index in [-0.39, 0.29) is 17.7 Å². The summed E-state index contributed by atoms with van der Waals surface area (Å²) < 4.78 is 19.7. The molecule has 8 heteroatoms. The number of hydrogen-bond acceptors (Lipinski definition) is 7. The number of cyclic esters (lactones) is 1. The van der Waals surface area contributed by atoms with Crippen LogP contribution in [0.25, 0.3) is 6.08 Å². The molecule has 0 radical (unpaired) electrons. The Bertz CT molecular complexity index is 906. The quantitative estimate of drug-likeness (QED) is 0.585. The number of ether oxygens (including phenoxy) is 1. The van der Waals surface area contributed by atoms with Gasteiger partial charge in [-0.15, -0.1) is 0 Å². The Labute approximate surface area is 180 Å². The Morgan fingerprint density at radius 2 is 1.81 bits per heavy atom. The molecule has 7 nitrogen and oxygen atoms in total. The van der Waals surface area contributed by atoms with Crippen molar-refractivity contribution in [1.82, 2.24) is 0 Å². The van der Waals surface area contributed by atoms with E-state index in [1.807, 2.05) is 0 Å². The fourth-order valence-corrected chi connectivity index (χ4v) is 3.71.